The first kappa shape index (κ1) is 25.0. The molecule has 1 N–H and O–H groups in total. The van der Waals surface area contributed by atoms with Gasteiger partial charge in [-0.3, -0.25) is 19.4 Å². The van der Waals surface area contributed by atoms with Gasteiger partial charge < -0.3 is 5.32 Å². The van der Waals surface area contributed by atoms with E-state index in [0.29, 0.717) is 16.0 Å². The fourth-order valence-electron chi connectivity index (χ4n) is 3.58. The van der Waals surface area contributed by atoms with Crippen LogP contribution in [0.15, 0.2) is 54.9 Å². The summed E-state index contributed by atoms with van der Waals surface area (Å²) >= 11 is 5.76. The normalized spacial score (nSPS) is 14.1. The lowest BCUT2D eigenvalue weighted by atomic mass is 10.0. The van der Waals surface area contributed by atoms with E-state index < -0.39 is 41.0 Å². The molecule has 36 heavy (non-hydrogen) atoms. The third-order valence-electron chi connectivity index (χ3n) is 5.25. The molecule has 0 bridgehead atoms. The molecule has 0 atom stereocenters. The van der Waals surface area contributed by atoms with Gasteiger partial charge in [-0.05, 0) is 42.8 Å². The summed E-state index contributed by atoms with van der Waals surface area (Å²) in [6.07, 6.45) is -2.34. The van der Waals surface area contributed by atoms with Crippen molar-refractivity contribution in [3.05, 3.63) is 82.4 Å². The average Bonchev–Trinajstić information content (AvgIpc) is 2.84. The number of rotatable bonds is 4. The van der Waals surface area contributed by atoms with Crippen LogP contribution in [0.3, 0.4) is 0 Å². The van der Waals surface area contributed by atoms with Gasteiger partial charge in [-0.15, -0.1) is 0 Å². The van der Waals surface area contributed by atoms with Crippen LogP contribution in [0.25, 0.3) is 0 Å². The van der Waals surface area contributed by atoms with Crippen molar-refractivity contribution in [3.8, 4) is 0 Å². The molecule has 1 aliphatic rings. The fourth-order valence-corrected chi connectivity index (χ4v) is 3.69. The van der Waals surface area contributed by atoms with Gasteiger partial charge in [0.2, 0.25) is 0 Å². The summed E-state index contributed by atoms with van der Waals surface area (Å²) in [5.41, 5.74) is -2.56. The van der Waals surface area contributed by atoms with Gasteiger partial charge in [-0.25, -0.2) is 19.2 Å². The second-order valence-corrected chi connectivity index (χ2v) is 8.06. The van der Waals surface area contributed by atoms with Crippen LogP contribution in [0.2, 0.25) is 5.02 Å². The first-order chi connectivity index (χ1) is 17.1. The molecule has 1 aromatic carbocycles. The lowest BCUT2D eigenvalue weighted by molar-refractivity contribution is -0.140. The Hall–Kier alpha value is -4.06. The molecule has 4 rings (SSSR count). The lowest BCUT2D eigenvalue weighted by Crippen LogP contribution is -2.52. The zero-order valence-electron chi connectivity index (χ0n) is 18.2. The van der Waals surface area contributed by atoms with E-state index in [1.807, 2.05) is 0 Å². The van der Waals surface area contributed by atoms with E-state index in [1.165, 1.54) is 30.6 Å². The summed E-state index contributed by atoms with van der Waals surface area (Å²) in [6.45, 7) is -0.0261. The van der Waals surface area contributed by atoms with Crippen LogP contribution < -0.4 is 10.2 Å². The van der Waals surface area contributed by atoms with Crippen molar-refractivity contribution >= 4 is 41.1 Å². The van der Waals surface area contributed by atoms with Crippen LogP contribution in [0.5, 0.6) is 0 Å². The van der Waals surface area contributed by atoms with Crippen LogP contribution in [-0.4, -0.2) is 45.8 Å². The molecule has 0 unspecified atom stereocenters. The Labute approximate surface area is 206 Å². The van der Waals surface area contributed by atoms with Crippen LogP contribution in [0.4, 0.5) is 34.0 Å². The summed E-state index contributed by atoms with van der Waals surface area (Å²) in [5, 5.41) is 2.94. The van der Waals surface area contributed by atoms with Crippen molar-refractivity contribution in [2.24, 2.45) is 0 Å². The number of benzene rings is 1. The quantitative estimate of drug-likeness (QED) is 0.487. The average molecular weight is 522 g/mol. The molecule has 0 radical (unpaired) electrons. The SMILES string of the molecule is O=C(Nc1ccc(Cl)cn1)c1ccc(N2CCCN(C(=O)c3cccc(F)c3C(F)(F)F)C2=O)nc1. The maximum absolute atomic E-state index is 13.9. The van der Waals surface area contributed by atoms with E-state index in [1.54, 1.807) is 6.07 Å². The van der Waals surface area contributed by atoms with Gasteiger partial charge in [-0.1, -0.05) is 17.7 Å². The third kappa shape index (κ3) is 5.13. The fraction of sp³-hybridized carbons (Fsp3) is 0.174. The number of hydrogen-bond acceptors (Lipinski definition) is 5. The van der Waals surface area contributed by atoms with Crippen LogP contribution in [0, 0.1) is 5.82 Å². The zero-order valence-corrected chi connectivity index (χ0v) is 19.0. The minimum atomic E-state index is -5.13. The molecular weight excluding hydrogens is 506 g/mol. The number of aromatic nitrogens is 2. The van der Waals surface area contributed by atoms with Gasteiger partial charge >= 0.3 is 12.2 Å². The number of nitrogens with zero attached hydrogens (tertiary/aromatic N) is 4. The van der Waals surface area contributed by atoms with E-state index >= 15 is 0 Å². The molecule has 13 heteroatoms. The van der Waals surface area contributed by atoms with Crippen molar-refractivity contribution in [1.29, 1.82) is 0 Å². The predicted octanol–water partition coefficient (Wildman–Crippen LogP) is 5.01. The molecule has 1 saturated heterocycles. The van der Waals surface area contributed by atoms with E-state index in [2.05, 4.69) is 15.3 Å². The van der Waals surface area contributed by atoms with Gasteiger partial charge in [-0.2, -0.15) is 13.2 Å². The largest absolute Gasteiger partial charge is 0.420 e. The highest BCUT2D eigenvalue weighted by Crippen LogP contribution is 2.35. The van der Waals surface area contributed by atoms with E-state index in [4.69, 9.17) is 11.6 Å². The number of urea groups is 1. The van der Waals surface area contributed by atoms with Crippen LogP contribution in [-0.2, 0) is 6.18 Å². The van der Waals surface area contributed by atoms with E-state index in [0.717, 1.165) is 17.0 Å². The number of pyridine rings is 2. The Morgan fingerprint density at radius 1 is 1.00 bits per heavy atom. The third-order valence-corrected chi connectivity index (χ3v) is 5.48. The predicted molar refractivity (Wildman–Crippen MR) is 121 cm³/mol. The Morgan fingerprint density at radius 3 is 2.42 bits per heavy atom. The van der Waals surface area contributed by atoms with Gasteiger partial charge in [0.25, 0.3) is 11.8 Å². The molecule has 186 valence electrons. The van der Waals surface area contributed by atoms with Crippen molar-refractivity contribution in [2.75, 3.05) is 23.3 Å². The number of halogens is 5. The zero-order chi connectivity index (χ0) is 26.0. The second-order valence-electron chi connectivity index (χ2n) is 7.63. The van der Waals surface area contributed by atoms with Crippen molar-refractivity contribution < 1.29 is 31.9 Å². The maximum Gasteiger partial charge on any atom is 0.420 e. The highest BCUT2D eigenvalue weighted by atomic mass is 35.5. The minimum absolute atomic E-state index is 0.0777. The second kappa shape index (κ2) is 9.90. The number of alkyl halides is 3. The molecule has 0 aliphatic carbocycles. The Balaban J connectivity index is 1.52. The molecule has 8 nitrogen and oxygen atoms in total. The van der Waals surface area contributed by atoms with Crippen molar-refractivity contribution in [3.63, 3.8) is 0 Å². The Morgan fingerprint density at radius 2 is 1.78 bits per heavy atom. The molecule has 3 aromatic rings. The maximum atomic E-state index is 13.9. The van der Waals surface area contributed by atoms with Crippen LogP contribution in [0.1, 0.15) is 32.7 Å². The number of amides is 4. The standard InChI is InChI=1S/C23H16ClF4N5O3/c24-14-6-7-17(29-12-14)31-20(34)13-5-8-18(30-11-13)32-9-2-10-33(22(32)36)21(35)15-3-1-4-16(25)19(15)23(26,27)28/h1,3-8,11-12H,2,9-10H2,(H,29,31,34). The van der Waals surface area contributed by atoms with Gasteiger partial charge in [0.1, 0.15) is 23.0 Å². The highest BCUT2D eigenvalue weighted by molar-refractivity contribution is 6.30. The molecule has 1 aliphatic heterocycles. The molecule has 1 fully saturated rings. The molecule has 3 heterocycles. The minimum Gasteiger partial charge on any atom is -0.307 e. The molecule has 4 amide bonds. The molecule has 2 aromatic heterocycles. The first-order valence-electron chi connectivity index (χ1n) is 10.4. The number of anilines is 2. The summed E-state index contributed by atoms with van der Waals surface area (Å²) in [6, 6.07) is 7.25. The van der Waals surface area contributed by atoms with Crippen LogP contribution >= 0.6 is 11.6 Å². The molecular formula is C23H16ClF4N5O3. The topological polar surface area (TPSA) is 95.5 Å². The summed E-state index contributed by atoms with van der Waals surface area (Å²) in [5.74, 6) is -3.09. The van der Waals surface area contributed by atoms with Gasteiger partial charge in [0.05, 0.1) is 16.1 Å². The summed E-state index contributed by atoms with van der Waals surface area (Å²) in [4.78, 5) is 48.0. The van der Waals surface area contributed by atoms with Gasteiger partial charge in [0, 0.05) is 25.5 Å². The monoisotopic (exact) mass is 521 g/mol. The molecule has 0 spiro atoms. The van der Waals surface area contributed by atoms with E-state index in [9.17, 15) is 31.9 Å². The number of nitrogens with one attached hydrogen (secondary N) is 1. The Kier molecular flexibility index (Phi) is 6.88. The van der Waals surface area contributed by atoms with E-state index in [-0.39, 0.29) is 36.7 Å². The smallest absolute Gasteiger partial charge is 0.307 e. The number of imide groups is 1. The summed E-state index contributed by atoms with van der Waals surface area (Å²) < 4.78 is 54.1. The molecule has 0 saturated carbocycles. The summed E-state index contributed by atoms with van der Waals surface area (Å²) in [7, 11) is 0. The van der Waals surface area contributed by atoms with Crippen molar-refractivity contribution in [2.45, 2.75) is 12.6 Å². The number of carbonyl (C=O) groups is 3. The lowest BCUT2D eigenvalue weighted by Gasteiger charge is -2.34. The highest BCUT2D eigenvalue weighted by Gasteiger charge is 2.41. The van der Waals surface area contributed by atoms with Gasteiger partial charge in [0.15, 0.2) is 0 Å². The number of carbonyl (C=O) groups excluding carboxylic acids is 3. The first-order valence-corrected chi connectivity index (χ1v) is 10.8. The Bertz CT molecular complexity index is 1320. The number of hydrogen-bond donors (Lipinski definition) is 1. The van der Waals surface area contributed by atoms with Crippen molar-refractivity contribution in [1.82, 2.24) is 14.9 Å².